The van der Waals surface area contributed by atoms with Gasteiger partial charge >= 0.3 is 0 Å². The van der Waals surface area contributed by atoms with Gasteiger partial charge in [-0.2, -0.15) is 0 Å². The topological polar surface area (TPSA) is 29.5 Å². The molecule has 0 N–H and O–H groups in total. The van der Waals surface area contributed by atoms with Gasteiger partial charge in [-0.3, -0.25) is 4.79 Å². The summed E-state index contributed by atoms with van der Waals surface area (Å²) in [5.74, 6) is 0.124. The summed E-state index contributed by atoms with van der Waals surface area (Å²) in [7, 11) is 0. The van der Waals surface area contributed by atoms with E-state index in [0.29, 0.717) is 18.8 Å². The lowest BCUT2D eigenvalue weighted by Gasteiger charge is -2.15. The molecule has 0 aromatic heterocycles. The van der Waals surface area contributed by atoms with E-state index in [4.69, 9.17) is 4.74 Å². The van der Waals surface area contributed by atoms with Crippen LogP contribution in [0.3, 0.4) is 0 Å². The third-order valence-corrected chi connectivity index (χ3v) is 2.35. The van der Waals surface area contributed by atoms with E-state index >= 15 is 0 Å². The van der Waals surface area contributed by atoms with Crippen molar-refractivity contribution in [2.24, 2.45) is 0 Å². The standard InChI is InChI=1S/C12H12FNO2/c13-10-3-5-11(6-4-10)16-9-12(15)14-7-1-2-8-14/h1-6H,7-9H2. The van der Waals surface area contributed by atoms with Crippen LogP contribution >= 0.6 is 0 Å². The van der Waals surface area contributed by atoms with E-state index in [1.165, 1.54) is 24.3 Å². The van der Waals surface area contributed by atoms with Crippen LogP contribution in [0, 0.1) is 5.82 Å². The summed E-state index contributed by atoms with van der Waals surface area (Å²) >= 11 is 0. The van der Waals surface area contributed by atoms with Crippen LogP contribution in [0.1, 0.15) is 0 Å². The monoisotopic (exact) mass is 221 g/mol. The predicted octanol–water partition coefficient (Wildman–Crippen LogP) is 1.60. The lowest BCUT2D eigenvalue weighted by Crippen LogP contribution is -2.32. The number of carbonyl (C=O) groups excluding carboxylic acids is 1. The van der Waals surface area contributed by atoms with Crippen LogP contribution in [-0.2, 0) is 4.79 Å². The SMILES string of the molecule is O=C(COc1ccc(F)cc1)N1CC=CC1. The molecule has 1 aliphatic heterocycles. The van der Waals surface area contributed by atoms with Gasteiger partial charge < -0.3 is 9.64 Å². The van der Waals surface area contributed by atoms with Gasteiger partial charge in [0.15, 0.2) is 6.61 Å². The summed E-state index contributed by atoms with van der Waals surface area (Å²) in [6.07, 6.45) is 3.88. The third kappa shape index (κ3) is 2.59. The molecule has 1 amide bonds. The normalized spacial score (nSPS) is 14.2. The van der Waals surface area contributed by atoms with Crippen molar-refractivity contribution in [3.63, 3.8) is 0 Å². The number of halogens is 1. The molecule has 3 nitrogen and oxygen atoms in total. The largest absolute Gasteiger partial charge is 0.484 e. The van der Waals surface area contributed by atoms with Gasteiger partial charge in [0.1, 0.15) is 11.6 Å². The molecule has 4 heteroatoms. The van der Waals surface area contributed by atoms with E-state index < -0.39 is 0 Å². The number of nitrogens with zero attached hydrogens (tertiary/aromatic N) is 1. The number of benzene rings is 1. The predicted molar refractivity (Wildman–Crippen MR) is 57.6 cm³/mol. The average Bonchev–Trinajstić information content (AvgIpc) is 2.81. The summed E-state index contributed by atoms with van der Waals surface area (Å²) < 4.78 is 17.8. The maximum absolute atomic E-state index is 12.6. The Balaban J connectivity index is 1.82. The minimum atomic E-state index is -0.317. The van der Waals surface area contributed by atoms with E-state index in [1.54, 1.807) is 4.90 Å². The Bertz CT molecular complexity index is 392. The first kappa shape index (κ1) is 10.7. The smallest absolute Gasteiger partial charge is 0.261 e. The maximum Gasteiger partial charge on any atom is 0.261 e. The van der Waals surface area contributed by atoms with Crippen molar-refractivity contribution in [1.29, 1.82) is 0 Å². The van der Waals surface area contributed by atoms with Gasteiger partial charge in [0, 0.05) is 13.1 Å². The first-order valence-electron chi connectivity index (χ1n) is 5.07. The molecule has 0 saturated carbocycles. The molecule has 0 aliphatic carbocycles. The van der Waals surface area contributed by atoms with Crippen LogP contribution < -0.4 is 4.74 Å². The fourth-order valence-corrected chi connectivity index (χ4v) is 1.45. The van der Waals surface area contributed by atoms with Gasteiger partial charge in [0.2, 0.25) is 0 Å². The van der Waals surface area contributed by atoms with Crippen molar-refractivity contribution in [1.82, 2.24) is 4.90 Å². The Hall–Kier alpha value is -1.84. The minimum absolute atomic E-state index is 0.00663. The van der Waals surface area contributed by atoms with E-state index in [1.807, 2.05) is 12.2 Å². The van der Waals surface area contributed by atoms with E-state index in [2.05, 4.69) is 0 Å². The summed E-state index contributed by atoms with van der Waals surface area (Å²) in [5, 5.41) is 0. The Labute approximate surface area is 93.1 Å². The lowest BCUT2D eigenvalue weighted by atomic mass is 10.3. The van der Waals surface area contributed by atoms with Crippen LogP contribution in [0.4, 0.5) is 4.39 Å². The molecule has 0 spiro atoms. The zero-order valence-electron chi connectivity index (χ0n) is 8.73. The first-order chi connectivity index (χ1) is 7.75. The minimum Gasteiger partial charge on any atom is -0.484 e. The summed E-state index contributed by atoms with van der Waals surface area (Å²) in [6.45, 7) is 1.28. The molecular formula is C12H12FNO2. The molecule has 1 aliphatic rings. The molecule has 1 aromatic rings. The maximum atomic E-state index is 12.6. The summed E-state index contributed by atoms with van der Waals surface area (Å²) in [5.41, 5.74) is 0. The quantitative estimate of drug-likeness (QED) is 0.725. The molecule has 16 heavy (non-hydrogen) atoms. The fraction of sp³-hybridized carbons (Fsp3) is 0.250. The molecule has 0 fully saturated rings. The third-order valence-electron chi connectivity index (χ3n) is 2.35. The number of hydrogen-bond acceptors (Lipinski definition) is 2. The second-order valence-corrected chi connectivity index (χ2v) is 3.51. The molecule has 0 atom stereocenters. The lowest BCUT2D eigenvalue weighted by molar-refractivity contribution is -0.131. The second kappa shape index (κ2) is 4.79. The van der Waals surface area contributed by atoms with Crippen LogP contribution in [0.5, 0.6) is 5.75 Å². The van der Waals surface area contributed by atoms with Gasteiger partial charge in [0.25, 0.3) is 5.91 Å². The number of rotatable bonds is 3. The molecule has 1 aromatic carbocycles. The molecule has 0 saturated heterocycles. The molecule has 0 radical (unpaired) electrons. The number of ether oxygens (including phenoxy) is 1. The Kier molecular flexibility index (Phi) is 3.19. The summed E-state index contributed by atoms with van der Waals surface area (Å²) in [6, 6.07) is 5.62. The highest BCUT2D eigenvalue weighted by atomic mass is 19.1. The zero-order chi connectivity index (χ0) is 11.4. The van der Waals surface area contributed by atoms with Crippen LogP contribution in [0.25, 0.3) is 0 Å². The highest BCUT2D eigenvalue weighted by Gasteiger charge is 2.14. The van der Waals surface area contributed by atoms with Crippen molar-refractivity contribution in [2.75, 3.05) is 19.7 Å². The van der Waals surface area contributed by atoms with E-state index in [-0.39, 0.29) is 18.3 Å². The highest BCUT2D eigenvalue weighted by molar-refractivity contribution is 5.78. The number of amides is 1. The Morgan fingerprint density at radius 3 is 2.50 bits per heavy atom. The average molecular weight is 221 g/mol. The van der Waals surface area contributed by atoms with E-state index in [9.17, 15) is 9.18 Å². The van der Waals surface area contributed by atoms with Crippen molar-refractivity contribution in [2.45, 2.75) is 0 Å². The Morgan fingerprint density at radius 1 is 1.25 bits per heavy atom. The van der Waals surface area contributed by atoms with Crippen molar-refractivity contribution in [3.05, 3.63) is 42.2 Å². The number of carbonyl (C=O) groups is 1. The Morgan fingerprint density at radius 2 is 1.88 bits per heavy atom. The molecule has 2 rings (SSSR count). The van der Waals surface area contributed by atoms with Crippen LogP contribution in [0.15, 0.2) is 36.4 Å². The van der Waals surface area contributed by atoms with Crippen molar-refractivity contribution < 1.29 is 13.9 Å². The highest BCUT2D eigenvalue weighted by Crippen LogP contribution is 2.11. The van der Waals surface area contributed by atoms with E-state index in [0.717, 1.165) is 0 Å². The van der Waals surface area contributed by atoms with Gasteiger partial charge in [-0.05, 0) is 24.3 Å². The fourth-order valence-electron chi connectivity index (χ4n) is 1.45. The molecule has 0 bridgehead atoms. The molecular weight excluding hydrogens is 209 g/mol. The molecule has 1 heterocycles. The van der Waals surface area contributed by atoms with Crippen LogP contribution in [0.2, 0.25) is 0 Å². The van der Waals surface area contributed by atoms with Gasteiger partial charge in [-0.1, -0.05) is 12.2 Å². The zero-order valence-corrected chi connectivity index (χ0v) is 8.73. The van der Waals surface area contributed by atoms with Crippen molar-refractivity contribution in [3.8, 4) is 5.75 Å². The summed E-state index contributed by atoms with van der Waals surface area (Å²) in [4.78, 5) is 13.3. The van der Waals surface area contributed by atoms with Gasteiger partial charge in [-0.25, -0.2) is 4.39 Å². The molecule has 84 valence electrons. The van der Waals surface area contributed by atoms with Crippen molar-refractivity contribution >= 4 is 5.91 Å². The molecule has 0 unspecified atom stereocenters. The number of hydrogen-bond donors (Lipinski definition) is 0. The first-order valence-corrected chi connectivity index (χ1v) is 5.07. The second-order valence-electron chi connectivity index (χ2n) is 3.51. The van der Waals surface area contributed by atoms with Gasteiger partial charge in [0.05, 0.1) is 0 Å². The van der Waals surface area contributed by atoms with Gasteiger partial charge in [-0.15, -0.1) is 0 Å². The van der Waals surface area contributed by atoms with Crippen LogP contribution in [-0.4, -0.2) is 30.5 Å².